The molecule has 2 aromatic rings. The Balaban J connectivity index is 2.33. The first-order valence-corrected chi connectivity index (χ1v) is 4.79. The first kappa shape index (κ1) is 9.22. The molecule has 0 radical (unpaired) electrons. The molecule has 1 N–H and O–H groups in total. The average Bonchev–Trinajstić information content (AvgIpc) is 2.73. The molecule has 1 atom stereocenters. The van der Waals surface area contributed by atoms with Crippen molar-refractivity contribution in [2.24, 2.45) is 7.05 Å². The Morgan fingerprint density at radius 3 is 2.79 bits per heavy atom. The molecule has 0 fully saturated rings. The molecule has 0 spiro atoms. The number of hydrogen-bond acceptors (Lipinski definition) is 6. The molecule has 0 aliphatic carbocycles. The number of nitrogens with zero attached hydrogens (tertiary/aromatic N) is 5. The van der Waals surface area contributed by atoms with Crippen LogP contribution in [0.4, 0.5) is 0 Å². The van der Waals surface area contributed by atoms with Crippen LogP contribution in [0.2, 0.25) is 0 Å². The summed E-state index contributed by atoms with van der Waals surface area (Å²) < 4.78 is 5.30. The summed E-state index contributed by atoms with van der Waals surface area (Å²) in [6.07, 6.45) is 0.896. The molecule has 7 heteroatoms. The molecular formula is C7H9N5OS. The molecule has 0 aliphatic rings. The fourth-order valence-corrected chi connectivity index (χ4v) is 1.76. The second kappa shape index (κ2) is 3.43. The lowest BCUT2D eigenvalue weighted by Crippen LogP contribution is -1.99. The molecule has 0 saturated heterocycles. The normalized spacial score (nSPS) is 13.1. The largest absolute Gasteiger partial charge is 0.381 e. The van der Waals surface area contributed by atoms with E-state index in [4.69, 9.17) is 0 Å². The summed E-state index contributed by atoms with van der Waals surface area (Å²) in [7, 11) is 1.75. The van der Waals surface area contributed by atoms with Gasteiger partial charge in [-0.3, -0.25) is 4.68 Å². The Bertz CT molecular complexity index is 437. The molecule has 74 valence electrons. The summed E-state index contributed by atoms with van der Waals surface area (Å²) >= 11 is 1.17. The van der Waals surface area contributed by atoms with Gasteiger partial charge in [0.1, 0.15) is 11.8 Å². The van der Waals surface area contributed by atoms with Crippen LogP contribution >= 0.6 is 11.5 Å². The van der Waals surface area contributed by atoms with E-state index in [2.05, 4.69) is 19.9 Å². The van der Waals surface area contributed by atoms with E-state index >= 15 is 0 Å². The van der Waals surface area contributed by atoms with Crippen LogP contribution in [-0.2, 0) is 7.05 Å². The van der Waals surface area contributed by atoms with Crippen LogP contribution in [0.1, 0.15) is 22.4 Å². The lowest BCUT2D eigenvalue weighted by molar-refractivity contribution is 0.218. The summed E-state index contributed by atoms with van der Waals surface area (Å²) in [5.74, 6) is 0. The zero-order valence-corrected chi connectivity index (χ0v) is 8.56. The summed E-state index contributed by atoms with van der Waals surface area (Å²) in [6.45, 7) is 1.80. The number of aliphatic hydroxyl groups excluding tert-OH is 1. The van der Waals surface area contributed by atoms with Crippen LogP contribution < -0.4 is 0 Å². The quantitative estimate of drug-likeness (QED) is 0.760. The van der Waals surface area contributed by atoms with Gasteiger partial charge in [0.25, 0.3) is 0 Å². The summed E-state index contributed by atoms with van der Waals surface area (Å²) in [4.78, 5) is 0.713. The third-order valence-electron chi connectivity index (χ3n) is 1.84. The number of rotatable bonds is 2. The minimum Gasteiger partial charge on any atom is -0.381 e. The maximum absolute atomic E-state index is 9.89. The molecule has 0 aliphatic heterocycles. The van der Waals surface area contributed by atoms with Crippen molar-refractivity contribution in [3.05, 3.63) is 22.5 Å². The van der Waals surface area contributed by atoms with Gasteiger partial charge in [-0.2, -0.15) is 0 Å². The van der Waals surface area contributed by atoms with Crippen LogP contribution in [0, 0.1) is 6.92 Å². The first-order chi connectivity index (χ1) is 6.68. The Labute approximate surface area is 84.4 Å². The van der Waals surface area contributed by atoms with E-state index in [9.17, 15) is 5.11 Å². The topological polar surface area (TPSA) is 76.7 Å². The van der Waals surface area contributed by atoms with Crippen molar-refractivity contribution >= 4 is 11.5 Å². The molecule has 0 bridgehead atoms. The maximum Gasteiger partial charge on any atom is 0.137 e. The second-order valence-electron chi connectivity index (χ2n) is 2.94. The number of aryl methyl sites for hydroxylation is 2. The number of hydrogen-bond donors (Lipinski definition) is 1. The molecule has 0 saturated carbocycles. The van der Waals surface area contributed by atoms with Crippen molar-refractivity contribution in [3.8, 4) is 0 Å². The number of aliphatic hydroxyl groups is 1. The average molecular weight is 211 g/mol. The van der Waals surface area contributed by atoms with Crippen LogP contribution in [0.5, 0.6) is 0 Å². The monoisotopic (exact) mass is 211 g/mol. The second-order valence-corrected chi connectivity index (χ2v) is 3.73. The highest BCUT2D eigenvalue weighted by atomic mass is 32.1. The minimum absolute atomic E-state index is 0.515. The van der Waals surface area contributed by atoms with E-state index in [-0.39, 0.29) is 0 Å². The molecule has 1 unspecified atom stereocenters. The van der Waals surface area contributed by atoms with Crippen LogP contribution in [0.3, 0.4) is 0 Å². The fraction of sp³-hybridized carbons (Fsp3) is 0.429. The van der Waals surface area contributed by atoms with Crippen molar-refractivity contribution in [2.75, 3.05) is 0 Å². The van der Waals surface area contributed by atoms with Gasteiger partial charge in [0.2, 0.25) is 0 Å². The van der Waals surface area contributed by atoms with E-state index < -0.39 is 6.10 Å². The lowest BCUT2D eigenvalue weighted by atomic mass is 10.2. The van der Waals surface area contributed by atoms with Crippen molar-refractivity contribution in [1.82, 2.24) is 24.6 Å². The lowest BCUT2D eigenvalue weighted by Gasteiger charge is -2.02. The van der Waals surface area contributed by atoms with E-state index in [0.29, 0.717) is 10.6 Å². The highest BCUT2D eigenvalue weighted by Crippen LogP contribution is 2.24. The Morgan fingerprint density at radius 1 is 1.50 bits per heavy atom. The van der Waals surface area contributed by atoms with Gasteiger partial charge in [0.15, 0.2) is 0 Å². The standard InChI is InChI=1S/C7H9N5OS/c1-4-7(14-11-8-4)6(13)5-3-12(2)10-9-5/h3,6,13H,1-2H3. The third-order valence-corrected chi connectivity index (χ3v) is 2.71. The molecule has 14 heavy (non-hydrogen) atoms. The van der Waals surface area contributed by atoms with Crippen molar-refractivity contribution < 1.29 is 5.11 Å². The predicted molar refractivity (Wildman–Crippen MR) is 49.7 cm³/mol. The van der Waals surface area contributed by atoms with Gasteiger partial charge in [-0.25, -0.2) is 0 Å². The highest BCUT2D eigenvalue weighted by molar-refractivity contribution is 7.05. The Hall–Kier alpha value is -1.34. The smallest absolute Gasteiger partial charge is 0.137 e. The van der Waals surface area contributed by atoms with E-state index in [1.807, 2.05) is 0 Å². The molecule has 0 amide bonds. The van der Waals surface area contributed by atoms with Crippen molar-refractivity contribution in [1.29, 1.82) is 0 Å². The van der Waals surface area contributed by atoms with Crippen molar-refractivity contribution in [2.45, 2.75) is 13.0 Å². The zero-order valence-electron chi connectivity index (χ0n) is 7.75. The van der Waals surface area contributed by atoms with Crippen LogP contribution in [-0.4, -0.2) is 29.7 Å². The van der Waals surface area contributed by atoms with Gasteiger partial charge in [-0.15, -0.1) is 10.2 Å². The van der Waals surface area contributed by atoms with Gasteiger partial charge in [0.05, 0.1) is 16.8 Å². The Kier molecular flexibility index (Phi) is 2.26. The molecular weight excluding hydrogens is 202 g/mol. The molecule has 0 aromatic carbocycles. The minimum atomic E-state index is -0.774. The van der Waals surface area contributed by atoms with E-state index in [0.717, 1.165) is 5.69 Å². The van der Waals surface area contributed by atoms with Gasteiger partial charge in [-0.05, 0) is 18.5 Å². The van der Waals surface area contributed by atoms with Gasteiger partial charge >= 0.3 is 0 Å². The fourth-order valence-electron chi connectivity index (χ4n) is 1.11. The van der Waals surface area contributed by atoms with Crippen LogP contribution in [0.15, 0.2) is 6.20 Å². The molecule has 6 nitrogen and oxygen atoms in total. The first-order valence-electron chi connectivity index (χ1n) is 4.01. The summed E-state index contributed by atoms with van der Waals surface area (Å²) in [5, 5.41) is 21.3. The Morgan fingerprint density at radius 2 is 2.29 bits per heavy atom. The number of aromatic nitrogens is 5. The third kappa shape index (κ3) is 1.51. The molecule has 2 heterocycles. The van der Waals surface area contributed by atoms with E-state index in [1.54, 1.807) is 24.9 Å². The SMILES string of the molecule is Cc1nnsc1C(O)c1cn(C)nn1. The molecule has 2 aromatic heterocycles. The summed E-state index contributed by atoms with van der Waals surface area (Å²) in [5.41, 5.74) is 1.25. The van der Waals surface area contributed by atoms with Gasteiger partial charge < -0.3 is 5.11 Å². The highest BCUT2D eigenvalue weighted by Gasteiger charge is 2.18. The van der Waals surface area contributed by atoms with Gasteiger partial charge in [-0.1, -0.05) is 9.70 Å². The summed E-state index contributed by atoms with van der Waals surface area (Å²) in [6, 6.07) is 0. The van der Waals surface area contributed by atoms with Crippen LogP contribution in [0.25, 0.3) is 0 Å². The van der Waals surface area contributed by atoms with Crippen molar-refractivity contribution in [3.63, 3.8) is 0 Å². The maximum atomic E-state index is 9.89. The molecule has 2 rings (SSSR count). The van der Waals surface area contributed by atoms with Gasteiger partial charge in [0, 0.05) is 7.05 Å². The zero-order chi connectivity index (χ0) is 10.1. The van der Waals surface area contributed by atoms with E-state index in [1.165, 1.54) is 11.5 Å². The predicted octanol–water partition coefficient (Wildman–Crippen LogP) is 0.0567.